The number of esters is 1. The highest BCUT2D eigenvalue weighted by atomic mass is 16.6. The van der Waals surface area contributed by atoms with Gasteiger partial charge in [-0.15, -0.1) is 0 Å². The van der Waals surface area contributed by atoms with Crippen LogP contribution in [0.15, 0.2) is 30.4 Å². The number of ketones is 1. The topological polar surface area (TPSA) is 302 Å². The largest absolute Gasteiger partial charge is 0.460 e. The van der Waals surface area contributed by atoms with Crippen LogP contribution in [0.2, 0.25) is 0 Å². The molecular weight excluding hydrogens is 1230 g/mol. The molecule has 2 rings (SSSR count). The van der Waals surface area contributed by atoms with Crippen LogP contribution in [0.4, 0.5) is 5.69 Å². The van der Waals surface area contributed by atoms with E-state index in [2.05, 4.69) is 34.7 Å². The van der Waals surface area contributed by atoms with Crippen molar-refractivity contribution in [3.8, 4) is 0 Å². The lowest BCUT2D eigenvalue weighted by molar-refractivity contribution is -0.154. The molecule has 4 amide bonds. The Morgan fingerprint density at radius 2 is 0.894 bits per heavy atom. The number of nitrogens with zero attached hydrogens (tertiary/aromatic N) is 2. The van der Waals surface area contributed by atoms with E-state index < -0.39 is 48.2 Å². The molecule has 0 spiro atoms. The fourth-order valence-corrected chi connectivity index (χ4v) is 7.91. The van der Waals surface area contributed by atoms with Crippen molar-refractivity contribution in [2.24, 2.45) is 5.41 Å². The van der Waals surface area contributed by atoms with Crippen LogP contribution < -0.4 is 16.0 Å². The fourth-order valence-electron chi connectivity index (χ4n) is 7.91. The number of carbonyl (C=O) groups excluding carboxylic acids is 6. The number of aryl methyl sites for hydroxylation is 1. The number of amides is 4. The number of hydrogen-bond donors (Lipinski definition) is 3. The second-order valence-corrected chi connectivity index (χ2v) is 22.3. The summed E-state index contributed by atoms with van der Waals surface area (Å²) in [5, 5.41) is 7.85. The van der Waals surface area contributed by atoms with E-state index in [1.54, 1.807) is 41.1 Å². The van der Waals surface area contributed by atoms with Crippen LogP contribution in [0.1, 0.15) is 82.6 Å². The Balaban J connectivity index is -0.0000144. The van der Waals surface area contributed by atoms with E-state index in [0.29, 0.717) is 210 Å². The molecule has 94 heavy (non-hydrogen) atoms. The third-order valence-corrected chi connectivity index (χ3v) is 12.8. The van der Waals surface area contributed by atoms with E-state index in [1.807, 2.05) is 12.1 Å². The number of hydrogen-bond acceptors (Lipinski definition) is 24. The molecule has 1 aromatic rings. The zero-order valence-corrected chi connectivity index (χ0v) is 57.9. The fraction of sp³-hybridized carbons (Fsp3) is 0.788. The zero-order valence-electron chi connectivity index (χ0n) is 57.9. The lowest BCUT2D eigenvalue weighted by atomic mass is 9.97. The third kappa shape index (κ3) is 52.5. The van der Waals surface area contributed by atoms with E-state index >= 15 is 0 Å². The minimum Gasteiger partial charge on any atom is -0.460 e. The Labute approximate surface area is 563 Å². The summed E-state index contributed by atoms with van der Waals surface area (Å²) in [7, 11) is 3.27. The molecule has 0 aliphatic carbocycles. The van der Waals surface area contributed by atoms with Gasteiger partial charge in [0.1, 0.15) is 19.2 Å². The standard InChI is InChI=1S/C63H109N5O23.C3H8.3H2/c1-53(65-58(70)49-64-59(71)51-68-50-57(69)13-14-60(68)72)61(73)66-56-12-11-55(52-91-62(74)63(2,3)4)54(48-56)10-7-15-67(16-8-18-77-24-26-81-32-34-85-40-42-89-46-44-87-38-36-83-30-28-79-22-20-75-5)17-9-19-78-25-27-82-33-35-86-41-43-90-47-45-88-39-37-84-31-29-80-23-21-76-6;1-3-2;;;/h11-14,48,53H,7-10,15-47,49-52H2,1-6H3,(H,64,71)(H,65,70)(H,66,73);3H2,1-2H3;3*1H/t53-;;;;/m0..../s1. The molecule has 0 saturated heterocycles. The van der Waals surface area contributed by atoms with Gasteiger partial charge < -0.3 is 106 Å². The second kappa shape index (κ2) is 61.9. The molecule has 0 radical (unpaired) electrons. The van der Waals surface area contributed by atoms with Crippen LogP contribution in [0.3, 0.4) is 0 Å². The van der Waals surface area contributed by atoms with E-state index in [0.717, 1.165) is 67.1 Å². The van der Waals surface area contributed by atoms with Gasteiger partial charge in [0.05, 0.1) is 203 Å². The minimum atomic E-state index is -0.989. The molecule has 3 N–H and O–H groups in total. The molecule has 1 heterocycles. The summed E-state index contributed by atoms with van der Waals surface area (Å²) in [4.78, 5) is 78.5. The van der Waals surface area contributed by atoms with Gasteiger partial charge >= 0.3 is 5.97 Å². The van der Waals surface area contributed by atoms with E-state index in [1.165, 1.54) is 13.3 Å². The Bertz CT molecular complexity index is 2060. The van der Waals surface area contributed by atoms with Gasteiger partial charge in [0.25, 0.3) is 0 Å². The molecule has 28 nitrogen and oxygen atoms in total. The number of rotatable bonds is 63. The predicted octanol–water partition coefficient (Wildman–Crippen LogP) is 4.00. The second-order valence-electron chi connectivity index (χ2n) is 22.3. The molecule has 28 heteroatoms. The molecule has 1 aromatic carbocycles. The number of methoxy groups -OCH3 is 2. The molecule has 1 aliphatic rings. The Kier molecular flexibility index (Phi) is 57.5. The zero-order chi connectivity index (χ0) is 68.8. The van der Waals surface area contributed by atoms with Crippen LogP contribution in [0.25, 0.3) is 0 Å². The van der Waals surface area contributed by atoms with Gasteiger partial charge in [-0.25, -0.2) is 0 Å². The molecular formula is C66H123N5O23. The first-order chi connectivity index (χ1) is 45.6. The van der Waals surface area contributed by atoms with Gasteiger partial charge in [-0.1, -0.05) is 26.3 Å². The normalized spacial score (nSPS) is 12.7. The predicted molar refractivity (Wildman–Crippen MR) is 357 cm³/mol. The summed E-state index contributed by atoms with van der Waals surface area (Å²) in [6.07, 6.45) is 6.38. The number of nitrogens with one attached hydrogen (secondary N) is 3. The molecule has 0 fully saturated rings. The van der Waals surface area contributed by atoms with Gasteiger partial charge in [0.2, 0.25) is 23.6 Å². The third-order valence-electron chi connectivity index (χ3n) is 12.8. The van der Waals surface area contributed by atoms with Gasteiger partial charge in [0.15, 0.2) is 5.78 Å². The maximum absolute atomic E-state index is 13.4. The molecule has 1 atom stereocenters. The number of carbonyl (C=O) groups is 6. The van der Waals surface area contributed by atoms with Crippen LogP contribution in [0.5, 0.6) is 0 Å². The Morgan fingerprint density at radius 3 is 1.28 bits per heavy atom. The average molecular weight is 1350 g/mol. The summed E-state index contributed by atoms with van der Waals surface area (Å²) < 4.78 is 93.8. The summed E-state index contributed by atoms with van der Waals surface area (Å²) in [6.45, 7) is 26.9. The van der Waals surface area contributed by atoms with E-state index in [4.69, 9.17) is 80.5 Å². The quantitative estimate of drug-likeness (QED) is 0.0613. The molecule has 0 saturated carbocycles. The summed E-state index contributed by atoms with van der Waals surface area (Å²) in [5.41, 5.74) is 1.43. The van der Waals surface area contributed by atoms with Gasteiger partial charge in [-0.3, -0.25) is 28.8 Å². The molecule has 0 unspecified atom stereocenters. The summed E-state index contributed by atoms with van der Waals surface area (Å²) >= 11 is 0. The van der Waals surface area contributed by atoms with E-state index in [-0.39, 0.29) is 29.2 Å². The van der Waals surface area contributed by atoms with Crippen molar-refractivity contribution in [3.63, 3.8) is 0 Å². The number of anilines is 1. The van der Waals surface area contributed by atoms with Crippen molar-refractivity contribution >= 4 is 41.1 Å². The molecule has 1 aliphatic heterocycles. The van der Waals surface area contributed by atoms with Crippen molar-refractivity contribution in [2.45, 2.75) is 86.3 Å². The van der Waals surface area contributed by atoms with Crippen molar-refractivity contribution in [2.75, 3.05) is 257 Å². The van der Waals surface area contributed by atoms with Gasteiger partial charge in [-0.05, 0) is 89.3 Å². The van der Waals surface area contributed by atoms with Gasteiger partial charge in [-0.2, -0.15) is 0 Å². The summed E-state index contributed by atoms with van der Waals surface area (Å²) in [6, 6.07) is 4.38. The van der Waals surface area contributed by atoms with Crippen LogP contribution in [-0.4, -0.2) is 303 Å². The number of ether oxygens (including phenoxy) is 17. The first-order valence-electron chi connectivity index (χ1n) is 33.1. The maximum atomic E-state index is 13.4. The molecule has 0 bridgehead atoms. The van der Waals surface area contributed by atoms with Crippen molar-refractivity contribution in [1.29, 1.82) is 0 Å². The van der Waals surface area contributed by atoms with Crippen molar-refractivity contribution < 1.29 is 114 Å². The number of benzene rings is 1. The minimum absolute atomic E-state index is 0. The highest BCUT2D eigenvalue weighted by molar-refractivity contribution is 6.05. The van der Waals surface area contributed by atoms with Crippen LogP contribution in [0, 0.1) is 5.41 Å². The SMILES string of the molecule is CCC.COCCOCCOCCOCCOCCOCCOCCOCCCN(CCCOCCOCCOCCOCCOCCOCCOCCOC)CCCc1cc(NC(=O)[C@H](C)NC(=O)CNC(=O)CN2CC(=O)C=CC2=O)ccc1COC(=O)C(C)(C)C.[HH].[HH].[HH]. The van der Waals surface area contributed by atoms with E-state index in [9.17, 15) is 28.8 Å². The monoisotopic (exact) mass is 1350 g/mol. The Hall–Kier alpha value is -4.70. The smallest absolute Gasteiger partial charge is 0.311 e. The summed E-state index contributed by atoms with van der Waals surface area (Å²) in [5.74, 6) is -2.93. The first kappa shape index (κ1) is 87.3. The van der Waals surface area contributed by atoms with Crippen LogP contribution in [-0.2, 0) is 122 Å². The van der Waals surface area contributed by atoms with Crippen molar-refractivity contribution in [1.82, 2.24) is 20.4 Å². The van der Waals surface area contributed by atoms with Crippen LogP contribution >= 0.6 is 0 Å². The highest BCUT2D eigenvalue weighted by Crippen LogP contribution is 2.22. The molecule has 0 aromatic heterocycles. The molecule has 550 valence electrons. The highest BCUT2D eigenvalue weighted by Gasteiger charge is 2.25. The van der Waals surface area contributed by atoms with Crippen molar-refractivity contribution in [3.05, 3.63) is 41.5 Å². The Morgan fingerprint density at radius 1 is 0.521 bits per heavy atom. The average Bonchev–Trinajstić information content (AvgIpc) is 1.19. The van der Waals surface area contributed by atoms with Gasteiger partial charge in [0, 0.05) is 56.6 Å². The first-order valence-corrected chi connectivity index (χ1v) is 33.1. The maximum Gasteiger partial charge on any atom is 0.311 e. The lowest BCUT2D eigenvalue weighted by Gasteiger charge is -2.23. The lowest BCUT2D eigenvalue weighted by Crippen LogP contribution is -2.48.